The molecule has 0 N–H and O–H groups in total. The number of nitrogens with zero attached hydrogens (tertiary/aromatic N) is 3. The molecule has 0 fully saturated rings. The molecule has 0 spiro atoms. The van der Waals surface area contributed by atoms with E-state index < -0.39 is 10.0 Å². The van der Waals surface area contributed by atoms with Gasteiger partial charge >= 0.3 is 0 Å². The third-order valence-corrected chi connectivity index (χ3v) is 6.70. The molecule has 0 aliphatic carbocycles. The van der Waals surface area contributed by atoms with Crippen molar-refractivity contribution in [3.05, 3.63) is 51.4 Å². The minimum absolute atomic E-state index is 0.0706. The second-order valence-corrected chi connectivity index (χ2v) is 11.4. The molecule has 0 aliphatic rings. The van der Waals surface area contributed by atoms with E-state index in [0.29, 0.717) is 21.4 Å². The van der Waals surface area contributed by atoms with E-state index >= 15 is 0 Å². The van der Waals surface area contributed by atoms with E-state index in [4.69, 9.17) is 27.9 Å². The summed E-state index contributed by atoms with van der Waals surface area (Å²) in [7, 11) is 2.71. The van der Waals surface area contributed by atoms with Gasteiger partial charge in [0.25, 0.3) is 5.69 Å². The topological polar surface area (TPSA) is 69.9 Å². The summed E-state index contributed by atoms with van der Waals surface area (Å²) in [5.74, 6) is 0.356. The molecular weight excluding hydrogens is 461 g/mol. The Kier molecular flexibility index (Phi) is 8.10. The Balaban J connectivity index is 2.50. The van der Waals surface area contributed by atoms with Crippen molar-refractivity contribution in [1.29, 1.82) is 0 Å². The van der Waals surface area contributed by atoms with E-state index in [1.165, 1.54) is 48.7 Å². The summed E-state index contributed by atoms with van der Waals surface area (Å²) >= 11 is 12.1. The Labute approximate surface area is 194 Å². The molecule has 0 heterocycles. The predicted octanol–water partition coefficient (Wildman–Crippen LogP) is 5.03. The third-order valence-electron chi connectivity index (χ3n) is 4.44. The zero-order valence-electron chi connectivity index (χ0n) is 18.5. The molecule has 2 aromatic carbocycles. The quantitative estimate of drug-likeness (QED) is 0.462. The average molecular weight is 489 g/mol. The van der Waals surface area contributed by atoms with E-state index in [9.17, 15) is 13.3 Å². The summed E-state index contributed by atoms with van der Waals surface area (Å²) in [5, 5.41) is 0.704. The number of benzene rings is 2. The van der Waals surface area contributed by atoms with Gasteiger partial charge in [0.15, 0.2) is 7.05 Å². The molecule has 0 amide bonds. The molecule has 170 valence electrons. The van der Waals surface area contributed by atoms with Crippen molar-refractivity contribution in [2.45, 2.75) is 18.7 Å². The van der Waals surface area contributed by atoms with Gasteiger partial charge in [-0.05, 0) is 43.8 Å². The van der Waals surface area contributed by atoms with Gasteiger partial charge in [-0.2, -0.15) is 0 Å². The summed E-state index contributed by atoms with van der Waals surface area (Å²) in [6.45, 7) is 4.95. The largest absolute Gasteiger partial charge is 0.456 e. The van der Waals surface area contributed by atoms with Crippen molar-refractivity contribution in [3.63, 3.8) is 0 Å². The highest BCUT2D eigenvalue weighted by molar-refractivity contribution is 7.89. The maximum atomic E-state index is 13.5. The van der Waals surface area contributed by atoms with Gasteiger partial charge in [-0.3, -0.25) is 0 Å². The number of ether oxygens (including phenoxy) is 1. The van der Waals surface area contributed by atoms with E-state index in [1.807, 2.05) is 32.8 Å². The highest BCUT2D eigenvalue weighted by Gasteiger charge is 2.32. The first-order chi connectivity index (χ1) is 14.2. The van der Waals surface area contributed by atoms with Crippen molar-refractivity contribution in [3.8, 4) is 11.5 Å². The fourth-order valence-corrected chi connectivity index (χ4v) is 5.45. The van der Waals surface area contributed by atoms with Gasteiger partial charge in [0.05, 0.1) is 0 Å². The monoisotopic (exact) mass is 488 g/mol. The molecule has 7 nitrogen and oxygen atoms in total. The van der Waals surface area contributed by atoms with Crippen LogP contribution in [0.2, 0.25) is 10.0 Å². The van der Waals surface area contributed by atoms with Crippen LogP contribution in [0.3, 0.4) is 0 Å². The second kappa shape index (κ2) is 9.83. The van der Waals surface area contributed by atoms with Gasteiger partial charge < -0.3 is 9.64 Å². The predicted molar refractivity (Wildman–Crippen MR) is 124 cm³/mol. The molecule has 0 bridgehead atoms. The third kappa shape index (κ3) is 6.89. The molecule has 0 radical (unpaired) electrons. The van der Waals surface area contributed by atoms with Gasteiger partial charge in [0.2, 0.25) is 10.0 Å². The lowest BCUT2D eigenvalue weighted by Gasteiger charge is -2.32. The molecule has 0 atom stereocenters. The molecule has 0 saturated heterocycles. The first-order valence-electron chi connectivity index (χ1n) is 9.51. The standard InChI is InChI=1S/C21H28Cl2N3O4S/c1-21(2,13-24(3)4)14-25(5)31(28,29)20-12-17(26(6)27)7-8-19(20)30-18-10-15(22)9-16(23)11-18/h7-12H,13-14H2,1-6H3/q+1. The van der Waals surface area contributed by atoms with Crippen molar-refractivity contribution in [1.82, 2.24) is 9.21 Å². The number of nitroso groups, excluding NO2 is 1. The molecule has 0 aromatic heterocycles. The molecule has 2 rings (SSSR count). The van der Waals surface area contributed by atoms with Crippen LogP contribution in [0.5, 0.6) is 11.5 Å². The molecule has 0 aliphatic heterocycles. The Morgan fingerprint density at radius 1 is 1.00 bits per heavy atom. The smallest absolute Gasteiger partial charge is 0.257 e. The first-order valence-corrected chi connectivity index (χ1v) is 11.7. The Hall–Kier alpha value is -1.71. The highest BCUT2D eigenvalue weighted by atomic mass is 35.5. The zero-order chi connectivity index (χ0) is 23.6. The van der Waals surface area contributed by atoms with Gasteiger partial charge in [-0.1, -0.05) is 37.0 Å². The number of hydrogen-bond acceptors (Lipinski definition) is 5. The van der Waals surface area contributed by atoms with Gasteiger partial charge in [0.1, 0.15) is 16.4 Å². The molecule has 0 unspecified atom stereocenters. The van der Waals surface area contributed by atoms with Crippen molar-refractivity contribution in [2.24, 2.45) is 5.41 Å². The van der Waals surface area contributed by atoms with Crippen LogP contribution in [0.25, 0.3) is 0 Å². The number of sulfonamides is 1. The minimum atomic E-state index is -3.98. The highest BCUT2D eigenvalue weighted by Crippen LogP contribution is 2.36. The second-order valence-electron chi connectivity index (χ2n) is 8.50. The summed E-state index contributed by atoms with van der Waals surface area (Å²) in [6.07, 6.45) is 0. The minimum Gasteiger partial charge on any atom is -0.456 e. The van der Waals surface area contributed by atoms with Crippen LogP contribution in [-0.2, 0) is 10.0 Å². The van der Waals surface area contributed by atoms with Crippen LogP contribution >= 0.6 is 23.2 Å². The molecular formula is C21H28Cl2N3O4S+. The SMILES string of the molecule is CN(C)CC(C)(C)CN(C)S(=O)(=O)c1cc([N+](C)=O)ccc1Oc1cc(Cl)cc(Cl)c1. The van der Waals surface area contributed by atoms with Crippen LogP contribution in [0.4, 0.5) is 5.69 Å². The summed E-state index contributed by atoms with van der Waals surface area (Å²) in [5.41, 5.74) is -0.115. The maximum absolute atomic E-state index is 13.5. The van der Waals surface area contributed by atoms with Crippen LogP contribution in [0.15, 0.2) is 41.3 Å². The Bertz CT molecular complexity index is 1050. The van der Waals surface area contributed by atoms with Crippen LogP contribution < -0.4 is 4.74 Å². The van der Waals surface area contributed by atoms with Crippen LogP contribution in [0, 0.1) is 10.3 Å². The normalized spacial score (nSPS) is 12.5. The van der Waals surface area contributed by atoms with E-state index in [1.54, 1.807) is 6.07 Å². The van der Waals surface area contributed by atoms with Gasteiger partial charge in [-0.15, -0.1) is 0 Å². The lowest BCUT2D eigenvalue weighted by atomic mass is 9.93. The summed E-state index contributed by atoms with van der Waals surface area (Å²) < 4.78 is 34.7. The Morgan fingerprint density at radius 3 is 2.10 bits per heavy atom. The summed E-state index contributed by atoms with van der Waals surface area (Å²) in [6, 6.07) is 8.85. The van der Waals surface area contributed by atoms with Crippen molar-refractivity contribution in [2.75, 3.05) is 41.3 Å². The van der Waals surface area contributed by atoms with Gasteiger partial charge in [-0.25, -0.2) is 12.7 Å². The lowest BCUT2D eigenvalue weighted by molar-refractivity contribution is -0.428. The molecule has 2 aromatic rings. The molecule has 31 heavy (non-hydrogen) atoms. The lowest BCUT2D eigenvalue weighted by Crippen LogP contribution is -2.41. The van der Waals surface area contributed by atoms with Crippen LogP contribution in [-0.4, -0.2) is 63.7 Å². The zero-order valence-corrected chi connectivity index (χ0v) is 20.8. The first kappa shape index (κ1) is 25.5. The van der Waals surface area contributed by atoms with E-state index in [-0.39, 0.29) is 34.0 Å². The summed E-state index contributed by atoms with van der Waals surface area (Å²) in [4.78, 5) is 13.7. The van der Waals surface area contributed by atoms with Crippen molar-refractivity contribution >= 4 is 38.9 Å². The van der Waals surface area contributed by atoms with Crippen LogP contribution in [0.1, 0.15) is 13.8 Å². The van der Waals surface area contributed by atoms with E-state index in [0.717, 1.165) is 0 Å². The Morgan fingerprint density at radius 2 is 1.58 bits per heavy atom. The van der Waals surface area contributed by atoms with Crippen molar-refractivity contribution < 1.29 is 17.9 Å². The maximum Gasteiger partial charge on any atom is 0.257 e. The number of rotatable bonds is 9. The molecule has 0 saturated carbocycles. The number of halogens is 2. The molecule has 10 heteroatoms. The fourth-order valence-electron chi connectivity index (χ4n) is 3.45. The fraction of sp³-hybridized carbons (Fsp3) is 0.429. The average Bonchev–Trinajstić information content (AvgIpc) is 2.59. The van der Waals surface area contributed by atoms with Gasteiger partial charge in [0, 0.05) is 52.0 Å². The number of hydrogen-bond donors (Lipinski definition) is 0. The van der Waals surface area contributed by atoms with E-state index in [2.05, 4.69) is 0 Å².